The summed E-state index contributed by atoms with van der Waals surface area (Å²) in [5, 5.41) is 6.94. The van der Waals surface area contributed by atoms with Crippen molar-refractivity contribution in [3.63, 3.8) is 0 Å². The highest BCUT2D eigenvalue weighted by molar-refractivity contribution is 7.92. The van der Waals surface area contributed by atoms with E-state index in [1.54, 1.807) is 31.3 Å². The second kappa shape index (κ2) is 12.3. The Bertz CT molecular complexity index is 1390. The SMILES string of the molecule is CCCS(=O)(=O)Nc1cccc(-c2nc(C(C)(C)C)sc2-c2ccnc(NCC(C)NC(=O)OC)n2)c1Cl. The highest BCUT2D eigenvalue weighted by atomic mass is 35.5. The van der Waals surface area contributed by atoms with Crippen LogP contribution < -0.4 is 15.4 Å². The molecular formula is C25H33ClN6O4S2. The van der Waals surface area contributed by atoms with Crippen molar-refractivity contribution in [3.8, 4) is 21.8 Å². The molecule has 1 atom stereocenters. The van der Waals surface area contributed by atoms with Gasteiger partial charge >= 0.3 is 6.09 Å². The highest BCUT2D eigenvalue weighted by Gasteiger charge is 2.26. The van der Waals surface area contributed by atoms with E-state index in [4.69, 9.17) is 16.6 Å². The van der Waals surface area contributed by atoms with Crippen molar-refractivity contribution in [3.05, 3.63) is 40.5 Å². The average molecular weight is 581 g/mol. The van der Waals surface area contributed by atoms with Gasteiger partial charge in [0.05, 0.1) is 44.8 Å². The van der Waals surface area contributed by atoms with Gasteiger partial charge in [0, 0.05) is 29.8 Å². The van der Waals surface area contributed by atoms with E-state index in [2.05, 4.69) is 50.8 Å². The summed E-state index contributed by atoms with van der Waals surface area (Å²) in [5.74, 6) is 0.374. The number of amides is 1. The van der Waals surface area contributed by atoms with Gasteiger partial charge in [0.2, 0.25) is 16.0 Å². The molecule has 0 bridgehead atoms. The summed E-state index contributed by atoms with van der Waals surface area (Å²) in [6, 6.07) is 6.75. The van der Waals surface area contributed by atoms with Gasteiger partial charge < -0.3 is 15.4 Å². The fraction of sp³-hybridized carbons (Fsp3) is 0.440. The van der Waals surface area contributed by atoms with E-state index in [0.29, 0.717) is 41.6 Å². The standard InChI is InChI=1S/C25H33ClN6O4S2/c1-7-13-38(34,35)32-17-10-8-9-16(19(17)26)20-21(37-22(31-20)25(3,4)5)18-11-12-27-23(30-18)28-14-15(2)29-24(33)36-6/h8-12,15,32H,7,13-14H2,1-6H3,(H,29,33)(H,27,28,30). The van der Waals surface area contributed by atoms with Crippen LogP contribution in [-0.4, -0.2) is 54.9 Å². The van der Waals surface area contributed by atoms with Crippen LogP contribution in [-0.2, 0) is 20.2 Å². The number of halogens is 1. The number of thiazole rings is 1. The second-order valence-electron chi connectivity index (χ2n) is 9.72. The van der Waals surface area contributed by atoms with Crippen LogP contribution in [0.5, 0.6) is 0 Å². The summed E-state index contributed by atoms with van der Waals surface area (Å²) in [7, 11) is -2.22. The minimum atomic E-state index is -3.53. The molecule has 3 N–H and O–H groups in total. The number of anilines is 2. The summed E-state index contributed by atoms with van der Waals surface area (Å²) >= 11 is 8.24. The Morgan fingerprint density at radius 3 is 2.61 bits per heavy atom. The maximum Gasteiger partial charge on any atom is 0.407 e. The van der Waals surface area contributed by atoms with Crippen molar-refractivity contribution < 1.29 is 17.9 Å². The maximum absolute atomic E-state index is 12.4. The lowest BCUT2D eigenvalue weighted by molar-refractivity contribution is 0.168. The largest absolute Gasteiger partial charge is 0.453 e. The van der Waals surface area contributed by atoms with Crippen LogP contribution in [0, 0.1) is 0 Å². The van der Waals surface area contributed by atoms with Crippen LogP contribution in [0.1, 0.15) is 46.0 Å². The minimum absolute atomic E-state index is 0.00580. The van der Waals surface area contributed by atoms with E-state index in [1.807, 2.05) is 13.0 Å². The number of aromatic nitrogens is 3. The number of carbonyl (C=O) groups is 1. The van der Waals surface area contributed by atoms with E-state index in [9.17, 15) is 13.2 Å². The number of hydrogen-bond acceptors (Lipinski definition) is 9. The summed E-state index contributed by atoms with van der Waals surface area (Å²) in [4.78, 5) is 26.1. The Balaban J connectivity index is 2.02. The van der Waals surface area contributed by atoms with Crippen LogP contribution in [0.15, 0.2) is 30.5 Å². The van der Waals surface area contributed by atoms with Crippen molar-refractivity contribution in [2.75, 3.05) is 29.4 Å². The van der Waals surface area contributed by atoms with Gasteiger partial charge in [0.25, 0.3) is 0 Å². The van der Waals surface area contributed by atoms with Crippen LogP contribution in [0.25, 0.3) is 21.8 Å². The molecule has 0 saturated heterocycles. The van der Waals surface area contributed by atoms with Crippen LogP contribution in [0.4, 0.5) is 16.4 Å². The van der Waals surface area contributed by atoms with Gasteiger partial charge in [0.1, 0.15) is 0 Å². The molecule has 0 aliphatic carbocycles. The summed E-state index contributed by atoms with van der Waals surface area (Å²) < 4.78 is 32.0. The molecule has 0 aliphatic heterocycles. The minimum Gasteiger partial charge on any atom is -0.453 e. The topological polar surface area (TPSA) is 135 Å². The van der Waals surface area contributed by atoms with Gasteiger partial charge in [-0.25, -0.2) is 28.2 Å². The summed E-state index contributed by atoms with van der Waals surface area (Å²) in [6.07, 6.45) is 1.61. The molecule has 1 amide bonds. The van der Waals surface area contributed by atoms with Gasteiger partial charge in [0.15, 0.2) is 0 Å². The second-order valence-corrected chi connectivity index (χ2v) is 12.9. The van der Waals surface area contributed by atoms with Gasteiger partial charge in [-0.15, -0.1) is 11.3 Å². The first-order valence-electron chi connectivity index (χ1n) is 12.1. The molecule has 0 spiro atoms. The molecule has 0 radical (unpaired) electrons. The Morgan fingerprint density at radius 2 is 1.95 bits per heavy atom. The fourth-order valence-electron chi connectivity index (χ4n) is 3.40. The van der Waals surface area contributed by atoms with Crippen molar-refractivity contribution >= 4 is 50.7 Å². The first kappa shape index (κ1) is 29.6. The third-order valence-corrected chi connectivity index (χ3v) is 8.65. The van der Waals surface area contributed by atoms with E-state index in [1.165, 1.54) is 18.4 Å². The summed E-state index contributed by atoms with van der Waals surface area (Å²) in [6.45, 7) is 10.2. The molecule has 3 aromatic rings. The molecule has 0 aliphatic rings. The monoisotopic (exact) mass is 580 g/mol. The number of rotatable bonds is 10. The fourth-order valence-corrected chi connectivity index (χ4v) is 5.97. The van der Waals surface area contributed by atoms with Gasteiger partial charge in [-0.3, -0.25) is 4.72 Å². The van der Waals surface area contributed by atoms with E-state index in [0.717, 1.165) is 9.88 Å². The normalized spacial score (nSPS) is 12.6. The van der Waals surface area contributed by atoms with Crippen molar-refractivity contribution in [2.45, 2.75) is 52.5 Å². The van der Waals surface area contributed by atoms with Crippen molar-refractivity contribution in [2.24, 2.45) is 0 Å². The van der Waals surface area contributed by atoms with Crippen molar-refractivity contribution in [1.29, 1.82) is 0 Å². The Morgan fingerprint density at radius 1 is 1.21 bits per heavy atom. The van der Waals surface area contributed by atoms with Gasteiger partial charge in [-0.05, 0) is 25.5 Å². The van der Waals surface area contributed by atoms with Crippen molar-refractivity contribution in [1.82, 2.24) is 20.3 Å². The lowest BCUT2D eigenvalue weighted by Crippen LogP contribution is -2.37. The first-order valence-corrected chi connectivity index (χ1v) is 14.9. The maximum atomic E-state index is 12.4. The Kier molecular flexibility index (Phi) is 9.55. The number of methoxy groups -OCH3 is 1. The predicted molar refractivity (Wildman–Crippen MR) is 153 cm³/mol. The number of benzene rings is 1. The zero-order valence-electron chi connectivity index (χ0n) is 22.3. The highest BCUT2D eigenvalue weighted by Crippen LogP contribution is 2.43. The average Bonchev–Trinajstić information content (AvgIpc) is 3.30. The molecular weight excluding hydrogens is 548 g/mol. The molecule has 38 heavy (non-hydrogen) atoms. The molecule has 0 fully saturated rings. The van der Waals surface area contributed by atoms with E-state index in [-0.39, 0.29) is 22.2 Å². The molecule has 206 valence electrons. The summed E-state index contributed by atoms with van der Waals surface area (Å²) in [5.41, 5.74) is 1.88. The number of nitrogens with zero attached hydrogens (tertiary/aromatic N) is 3. The van der Waals surface area contributed by atoms with Crippen LogP contribution in [0.2, 0.25) is 5.02 Å². The molecule has 13 heteroatoms. The molecule has 1 unspecified atom stereocenters. The number of sulfonamides is 1. The number of alkyl carbamates (subject to hydrolysis) is 1. The third kappa shape index (κ3) is 7.55. The quantitative estimate of drug-likeness (QED) is 0.285. The zero-order valence-corrected chi connectivity index (χ0v) is 24.6. The number of nitrogens with one attached hydrogen (secondary N) is 3. The molecule has 2 aromatic heterocycles. The van der Waals surface area contributed by atoms with E-state index < -0.39 is 16.1 Å². The Hall–Kier alpha value is -2.96. The lowest BCUT2D eigenvalue weighted by Gasteiger charge is -2.14. The molecule has 2 heterocycles. The Labute approximate surface area is 232 Å². The predicted octanol–water partition coefficient (Wildman–Crippen LogP) is 5.53. The number of hydrogen-bond donors (Lipinski definition) is 3. The van der Waals surface area contributed by atoms with Crippen LogP contribution in [0.3, 0.4) is 0 Å². The molecule has 1 aromatic carbocycles. The smallest absolute Gasteiger partial charge is 0.407 e. The van der Waals surface area contributed by atoms with Gasteiger partial charge in [-0.2, -0.15) is 0 Å². The molecule has 10 nitrogen and oxygen atoms in total. The van der Waals surface area contributed by atoms with Crippen LogP contribution >= 0.6 is 22.9 Å². The lowest BCUT2D eigenvalue weighted by atomic mass is 9.98. The van der Waals surface area contributed by atoms with Gasteiger partial charge in [-0.1, -0.05) is 51.4 Å². The number of ether oxygens (including phenoxy) is 1. The number of carbonyl (C=O) groups excluding carboxylic acids is 1. The zero-order chi connectivity index (χ0) is 28.1. The first-order chi connectivity index (χ1) is 17.8. The third-order valence-electron chi connectivity index (χ3n) is 5.27. The van der Waals surface area contributed by atoms with E-state index >= 15 is 0 Å². The molecule has 3 rings (SSSR count). The molecule has 0 saturated carbocycles.